The Morgan fingerprint density at radius 2 is 1.91 bits per heavy atom. The Labute approximate surface area is 132 Å². The van der Waals surface area contributed by atoms with Gasteiger partial charge < -0.3 is 4.57 Å². The van der Waals surface area contributed by atoms with Crippen LogP contribution in [0.1, 0.15) is 12.0 Å². The van der Waals surface area contributed by atoms with E-state index in [4.69, 9.17) is 0 Å². The lowest BCUT2D eigenvalue weighted by Gasteiger charge is -2.11. The van der Waals surface area contributed by atoms with Crippen molar-refractivity contribution in [3.8, 4) is 0 Å². The number of aromatic nitrogens is 3. The number of benzene rings is 1. The van der Waals surface area contributed by atoms with Crippen molar-refractivity contribution in [3.05, 3.63) is 64.7 Å². The third-order valence-corrected chi connectivity index (χ3v) is 3.56. The second kappa shape index (κ2) is 6.39. The molecule has 0 aliphatic carbocycles. The van der Waals surface area contributed by atoms with Gasteiger partial charge in [0.1, 0.15) is 0 Å². The van der Waals surface area contributed by atoms with Gasteiger partial charge in [-0.2, -0.15) is 0 Å². The van der Waals surface area contributed by atoms with E-state index in [0.29, 0.717) is 12.1 Å². The molecule has 3 rings (SSSR count). The van der Waals surface area contributed by atoms with Crippen molar-refractivity contribution < 1.29 is 4.79 Å². The summed E-state index contributed by atoms with van der Waals surface area (Å²) < 4.78 is 1.64. The van der Waals surface area contributed by atoms with Crippen LogP contribution >= 0.6 is 0 Å². The minimum Gasteiger partial charge on any atom is -0.308 e. The second-order valence-corrected chi connectivity index (χ2v) is 5.21. The zero-order valence-electron chi connectivity index (χ0n) is 12.7. The summed E-state index contributed by atoms with van der Waals surface area (Å²) in [5.74, 6) is 0.0348. The maximum atomic E-state index is 12.4. The fourth-order valence-corrected chi connectivity index (χ4v) is 2.46. The SMILES string of the molecule is Cc1cc2ccccc2n(CCC(=O)Nc2ncccn2)c1=O. The predicted molar refractivity (Wildman–Crippen MR) is 88.2 cm³/mol. The summed E-state index contributed by atoms with van der Waals surface area (Å²) in [5, 5.41) is 3.60. The second-order valence-electron chi connectivity index (χ2n) is 5.21. The number of pyridine rings is 1. The van der Waals surface area contributed by atoms with Crippen LogP contribution in [0.2, 0.25) is 0 Å². The molecule has 116 valence electrons. The van der Waals surface area contributed by atoms with Crippen molar-refractivity contribution in [1.29, 1.82) is 0 Å². The van der Waals surface area contributed by atoms with Crippen molar-refractivity contribution >= 4 is 22.8 Å². The molecule has 3 aromatic rings. The first-order chi connectivity index (χ1) is 11.1. The fourth-order valence-electron chi connectivity index (χ4n) is 2.46. The van der Waals surface area contributed by atoms with Crippen LogP contribution in [0.5, 0.6) is 0 Å². The van der Waals surface area contributed by atoms with Crippen LogP contribution < -0.4 is 10.9 Å². The van der Waals surface area contributed by atoms with E-state index >= 15 is 0 Å². The number of rotatable bonds is 4. The highest BCUT2D eigenvalue weighted by Crippen LogP contribution is 2.13. The molecule has 2 aromatic heterocycles. The van der Waals surface area contributed by atoms with Crippen molar-refractivity contribution in [3.63, 3.8) is 0 Å². The lowest BCUT2D eigenvalue weighted by molar-refractivity contribution is -0.116. The number of fused-ring (bicyclic) bond motifs is 1. The highest BCUT2D eigenvalue weighted by Gasteiger charge is 2.09. The summed E-state index contributed by atoms with van der Waals surface area (Å²) in [6.45, 7) is 2.09. The molecular weight excluding hydrogens is 292 g/mol. The highest BCUT2D eigenvalue weighted by atomic mass is 16.2. The molecule has 0 fully saturated rings. The lowest BCUT2D eigenvalue weighted by Crippen LogP contribution is -2.25. The molecule has 2 heterocycles. The molecule has 0 aliphatic rings. The van der Waals surface area contributed by atoms with E-state index in [9.17, 15) is 9.59 Å². The van der Waals surface area contributed by atoms with Gasteiger partial charge in [0.25, 0.3) is 5.56 Å². The quantitative estimate of drug-likeness (QED) is 0.801. The minimum atomic E-state index is -0.228. The molecule has 0 unspecified atom stereocenters. The summed E-state index contributed by atoms with van der Waals surface area (Å²) in [7, 11) is 0. The topological polar surface area (TPSA) is 76.9 Å². The smallest absolute Gasteiger partial charge is 0.253 e. The van der Waals surface area contributed by atoms with Crippen LogP contribution in [0.3, 0.4) is 0 Å². The molecule has 0 saturated carbocycles. The number of carbonyl (C=O) groups excluding carboxylic acids is 1. The zero-order valence-corrected chi connectivity index (χ0v) is 12.7. The molecule has 0 radical (unpaired) electrons. The molecule has 0 atom stereocenters. The number of hydrogen-bond acceptors (Lipinski definition) is 4. The third kappa shape index (κ3) is 3.26. The van der Waals surface area contributed by atoms with E-state index in [1.54, 1.807) is 30.0 Å². The first-order valence-electron chi connectivity index (χ1n) is 7.31. The molecule has 6 heteroatoms. The van der Waals surface area contributed by atoms with Crippen LogP contribution in [-0.2, 0) is 11.3 Å². The Bertz CT molecular complexity index is 903. The summed E-state index contributed by atoms with van der Waals surface area (Å²) in [6, 6.07) is 11.2. The normalized spacial score (nSPS) is 10.7. The number of carbonyl (C=O) groups is 1. The molecule has 0 spiro atoms. The van der Waals surface area contributed by atoms with Crippen LogP contribution in [0.15, 0.2) is 53.6 Å². The average Bonchev–Trinajstić information content (AvgIpc) is 2.56. The van der Waals surface area contributed by atoms with Crippen molar-refractivity contribution in [2.45, 2.75) is 19.9 Å². The number of nitrogens with one attached hydrogen (secondary N) is 1. The van der Waals surface area contributed by atoms with Crippen molar-refractivity contribution in [2.75, 3.05) is 5.32 Å². The number of para-hydroxylation sites is 1. The Kier molecular flexibility index (Phi) is 4.14. The van der Waals surface area contributed by atoms with Gasteiger partial charge >= 0.3 is 0 Å². The van der Waals surface area contributed by atoms with Gasteiger partial charge in [-0.25, -0.2) is 9.97 Å². The number of anilines is 1. The van der Waals surface area contributed by atoms with Gasteiger partial charge in [0.2, 0.25) is 11.9 Å². The molecule has 1 amide bonds. The summed E-state index contributed by atoms with van der Waals surface area (Å²) in [4.78, 5) is 32.3. The maximum absolute atomic E-state index is 12.4. The van der Waals surface area contributed by atoms with Gasteiger partial charge in [-0.3, -0.25) is 14.9 Å². The Hall–Kier alpha value is -3.02. The minimum absolute atomic E-state index is 0.0764. The van der Waals surface area contributed by atoms with E-state index in [2.05, 4.69) is 15.3 Å². The van der Waals surface area contributed by atoms with Gasteiger partial charge in [0, 0.05) is 30.9 Å². The molecule has 0 aliphatic heterocycles. The number of amides is 1. The highest BCUT2D eigenvalue weighted by molar-refractivity contribution is 5.89. The summed E-state index contributed by atoms with van der Waals surface area (Å²) >= 11 is 0. The van der Waals surface area contributed by atoms with Crippen LogP contribution in [0, 0.1) is 6.92 Å². The molecule has 1 N–H and O–H groups in total. The predicted octanol–water partition coefficient (Wildman–Crippen LogP) is 2.13. The molecule has 0 bridgehead atoms. The van der Waals surface area contributed by atoms with E-state index in [0.717, 1.165) is 10.9 Å². The van der Waals surface area contributed by atoms with Gasteiger partial charge in [-0.1, -0.05) is 18.2 Å². The molecule has 6 nitrogen and oxygen atoms in total. The van der Waals surface area contributed by atoms with Gasteiger partial charge in [-0.05, 0) is 30.5 Å². The molecule has 23 heavy (non-hydrogen) atoms. The first-order valence-corrected chi connectivity index (χ1v) is 7.31. The largest absolute Gasteiger partial charge is 0.308 e. The Morgan fingerprint density at radius 1 is 1.17 bits per heavy atom. The number of hydrogen-bond donors (Lipinski definition) is 1. The van der Waals surface area contributed by atoms with Crippen LogP contribution in [-0.4, -0.2) is 20.4 Å². The fraction of sp³-hybridized carbons (Fsp3) is 0.176. The standard InChI is InChI=1S/C17H16N4O2/c1-12-11-13-5-2-3-6-14(13)21(16(12)23)10-7-15(22)20-17-18-8-4-9-19-17/h2-6,8-9,11H,7,10H2,1H3,(H,18,19,20,22). The molecule has 0 saturated heterocycles. The lowest BCUT2D eigenvalue weighted by atomic mass is 10.1. The van der Waals surface area contributed by atoms with Crippen LogP contribution in [0.25, 0.3) is 10.9 Å². The van der Waals surface area contributed by atoms with Gasteiger partial charge in [0.05, 0.1) is 5.52 Å². The van der Waals surface area contributed by atoms with E-state index in [1.807, 2.05) is 30.3 Å². The first kappa shape index (κ1) is 14.9. The van der Waals surface area contributed by atoms with Crippen molar-refractivity contribution in [2.24, 2.45) is 0 Å². The van der Waals surface area contributed by atoms with E-state index in [-0.39, 0.29) is 23.8 Å². The number of nitrogens with zero attached hydrogens (tertiary/aromatic N) is 3. The average molecular weight is 308 g/mol. The summed E-state index contributed by atoms with van der Waals surface area (Å²) in [6.07, 6.45) is 3.29. The third-order valence-electron chi connectivity index (χ3n) is 3.56. The maximum Gasteiger partial charge on any atom is 0.253 e. The van der Waals surface area contributed by atoms with Gasteiger partial charge in [-0.15, -0.1) is 0 Å². The molecular formula is C17H16N4O2. The van der Waals surface area contributed by atoms with E-state index < -0.39 is 0 Å². The Morgan fingerprint density at radius 3 is 2.70 bits per heavy atom. The Balaban J connectivity index is 1.80. The van der Waals surface area contributed by atoms with Crippen molar-refractivity contribution in [1.82, 2.24) is 14.5 Å². The van der Waals surface area contributed by atoms with Crippen LogP contribution in [0.4, 0.5) is 5.95 Å². The number of aryl methyl sites for hydroxylation is 2. The monoisotopic (exact) mass is 308 g/mol. The van der Waals surface area contributed by atoms with E-state index in [1.165, 1.54) is 0 Å². The molecule has 1 aromatic carbocycles. The summed E-state index contributed by atoms with van der Waals surface area (Å²) in [5.41, 5.74) is 1.41. The zero-order chi connectivity index (χ0) is 16.2. The van der Waals surface area contributed by atoms with Gasteiger partial charge in [0.15, 0.2) is 0 Å².